The molecule has 1 N–H and O–H groups in total. The molecule has 0 aliphatic carbocycles. The first-order valence-electron chi connectivity index (χ1n) is 7.08. The highest BCUT2D eigenvalue weighted by Gasteiger charge is 2.29. The monoisotopic (exact) mass is 281 g/mol. The van der Waals surface area contributed by atoms with Gasteiger partial charge in [-0.2, -0.15) is 5.10 Å². The highest BCUT2D eigenvalue weighted by molar-refractivity contribution is 5.60. The molecule has 0 saturated carbocycles. The van der Waals surface area contributed by atoms with Crippen molar-refractivity contribution in [3.63, 3.8) is 0 Å². The number of hydrogen-bond acceptors (Lipinski definition) is 5. The zero-order valence-corrected chi connectivity index (χ0v) is 12.6. The Morgan fingerprint density at radius 3 is 2.75 bits per heavy atom. The summed E-state index contributed by atoms with van der Waals surface area (Å²) in [6, 6.07) is 0.326. The number of likely N-dealkylation sites (tertiary alicyclic amines) is 1. The van der Waals surface area contributed by atoms with Crippen molar-refractivity contribution >= 4 is 11.5 Å². The van der Waals surface area contributed by atoms with Gasteiger partial charge in [0.15, 0.2) is 0 Å². The van der Waals surface area contributed by atoms with Crippen molar-refractivity contribution in [1.29, 1.82) is 0 Å². The summed E-state index contributed by atoms with van der Waals surface area (Å²) >= 11 is 0. The van der Waals surface area contributed by atoms with E-state index in [-0.39, 0.29) is 22.7 Å². The molecule has 1 aliphatic rings. The normalized spacial score (nSPS) is 20.4. The van der Waals surface area contributed by atoms with E-state index in [2.05, 4.69) is 22.4 Å². The third-order valence-corrected chi connectivity index (χ3v) is 3.69. The standard InChI is InChI=1S/C13H23N5O2/c1-9(2)17-13(12(18(19)20)10(3)15-17)14-11-6-5-7-16(4)8-11/h9,11,14H,5-8H2,1-4H3. The molecule has 2 heterocycles. The highest BCUT2D eigenvalue weighted by Crippen LogP contribution is 2.31. The second-order valence-corrected chi connectivity index (χ2v) is 5.82. The predicted molar refractivity (Wildman–Crippen MR) is 78.1 cm³/mol. The van der Waals surface area contributed by atoms with Crippen LogP contribution < -0.4 is 5.32 Å². The molecule has 0 aromatic carbocycles. The van der Waals surface area contributed by atoms with Gasteiger partial charge in [0, 0.05) is 18.6 Å². The van der Waals surface area contributed by atoms with E-state index in [9.17, 15) is 10.1 Å². The van der Waals surface area contributed by atoms with Gasteiger partial charge >= 0.3 is 5.69 Å². The molecule has 0 spiro atoms. The molecule has 112 valence electrons. The second kappa shape index (κ2) is 5.78. The van der Waals surface area contributed by atoms with Crippen molar-refractivity contribution in [3.05, 3.63) is 15.8 Å². The summed E-state index contributed by atoms with van der Waals surface area (Å²) in [5, 5.41) is 19.0. The summed E-state index contributed by atoms with van der Waals surface area (Å²) in [4.78, 5) is 13.2. The van der Waals surface area contributed by atoms with Crippen LogP contribution in [0.3, 0.4) is 0 Å². The molecule has 0 amide bonds. The van der Waals surface area contributed by atoms with Gasteiger partial charge in [-0.25, -0.2) is 4.68 Å². The molecule has 0 radical (unpaired) electrons. The van der Waals surface area contributed by atoms with E-state index in [1.165, 1.54) is 0 Å². The SMILES string of the molecule is Cc1nn(C(C)C)c(NC2CCCN(C)C2)c1[N+](=O)[O-]. The number of aromatic nitrogens is 2. The predicted octanol–water partition coefficient (Wildman–Crippen LogP) is 2.19. The van der Waals surface area contributed by atoms with Crippen LogP contribution >= 0.6 is 0 Å². The lowest BCUT2D eigenvalue weighted by molar-refractivity contribution is -0.384. The first kappa shape index (κ1) is 14.8. The van der Waals surface area contributed by atoms with Gasteiger partial charge in [-0.15, -0.1) is 0 Å². The average molecular weight is 281 g/mol. The highest BCUT2D eigenvalue weighted by atomic mass is 16.6. The lowest BCUT2D eigenvalue weighted by Crippen LogP contribution is -2.40. The largest absolute Gasteiger partial charge is 0.360 e. The molecular formula is C13H23N5O2. The van der Waals surface area contributed by atoms with E-state index < -0.39 is 0 Å². The van der Waals surface area contributed by atoms with Crippen molar-refractivity contribution in [2.75, 3.05) is 25.5 Å². The molecule has 1 unspecified atom stereocenters. The van der Waals surface area contributed by atoms with Crippen LogP contribution in [0.4, 0.5) is 11.5 Å². The van der Waals surface area contributed by atoms with Crippen LogP contribution in [0.15, 0.2) is 0 Å². The Morgan fingerprint density at radius 1 is 1.50 bits per heavy atom. The van der Waals surface area contributed by atoms with E-state index in [0.717, 1.165) is 25.9 Å². The fourth-order valence-electron chi connectivity index (χ4n) is 2.74. The first-order valence-corrected chi connectivity index (χ1v) is 7.08. The third kappa shape index (κ3) is 2.92. The van der Waals surface area contributed by atoms with E-state index in [1.807, 2.05) is 13.8 Å². The summed E-state index contributed by atoms with van der Waals surface area (Å²) in [7, 11) is 2.08. The second-order valence-electron chi connectivity index (χ2n) is 5.82. The minimum Gasteiger partial charge on any atom is -0.360 e. The Balaban J connectivity index is 2.30. The van der Waals surface area contributed by atoms with Gasteiger partial charge in [0.25, 0.3) is 0 Å². The van der Waals surface area contributed by atoms with Crippen molar-refractivity contribution in [2.45, 2.75) is 45.7 Å². The zero-order valence-electron chi connectivity index (χ0n) is 12.6. The van der Waals surface area contributed by atoms with Gasteiger partial charge in [0.05, 0.1) is 4.92 Å². The number of anilines is 1. The Hall–Kier alpha value is -1.63. The molecule has 1 saturated heterocycles. The van der Waals surface area contributed by atoms with Crippen LogP contribution in [0, 0.1) is 17.0 Å². The topological polar surface area (TPSA) is 76.2 Å². The summed E-state index contributed by atoms with van der Waals surface area (Å²) in [5.74, 6) is 0.544. The maximum absolute atomic E-state index is 11.3. The Morgan fingerprint density at radius 2 is 2.20 bits per heavy atom. The summed E-state index contributed by atoms with van der Waals surface area (Å²) < 4.78 is 1.72. The molecule has 7 nitrogen and oxygen atoms in total. The van der Waals surface area contributed by atoms with Gasteiger partial charge in [-0.3, -0.25) is 10.1 Å². The number of hydrogen-bond donors (Lipinski definition) is 1. The van der Waals surface area contributed by atoms with Crippen molar-refractivity contribution in [1.82, 2.24) is 14.7 Å². The van der Waals surface area contributed by atoms with E-state index in [4.69, 9.17) is 0 Å². The number of nitro groups is 1. The van der Waals surface area contributed by atoms with Crippen LogP contribution in [0.1, 0.15) is 38.4 Å². The van der Waals surface area contributed by atoms with Crippen molar-refractivity contribution in [3.8, 4) is 0 Å². The number of piperidine rings is 1. The number of nitrogens with one attached hydrogen (secondary N) is 1. The molecule has 1 atom stereocenters. The minimum atomic E-state index is -0.337. The van der Waals surface area contributed by atoms with Crippen LogP contribution in [-0.2, 0) is 0 Å². The molecule has 1 aromatic heterocycles. The molecule has 20 heavy (non-hydrogen) atoms. The molecule has 1 fully saturated rings. The van der Waals surface area contributed by atoms with E-state index in [1.54, 1.807) is 11.6 Å². The Labute approximate surface area is 119 Å². The molecule has 0 bridgehead atoms. The number of nitrogens with zero attached hydrogens (tertiary/aromatic N) is 4. The van der Waals surface area contributed by atoms with Gasteiger partial charge in [-0.1, -0.05) is 0 Å². The van der Waals surface area contributed by atoms with Gasteiger partial charge in [-0.05, 0) is 47.2 Å². The summed E-state index contributed by atoms with van der Waals surface area (Å²) in [6.45, 7) is 7.64. The Kier molecular flexibility index (Phi) is 4.27. The summed E-state index contributed by atoms with van der Waals surface area (Å²) in [6.07, 6.45) is 2.14. The quantitative estimate of drug-likeness (QED) is 0.676. The van der Waals surface area contributed by atoms with Gasteiger partial charge in [0.1, 0.15) is 5.69 Å². The average Bonchev–Trinajstić information content (AvgIpc) is 2.66. The number of aryl methyl sites for hydroxylation is 1. The molecular weight excluding hydrogens is 258 g/mol. The van der Waals surface area contributed by atoms with Gasteiger partial charge in [0.2, 0.25) is 5.82 Å². The lowest BCUT2D eigenvalue weighted by Gasteiger charge is -2.30. The maximum Gasteiger partial charge on any atom is 0.333 e. The fourth-order valence-corrected chi connectivity index (χ4v) is 2.74. The molecule has 1 aliphatic heterocycles. The van der Waals surface area contributed by atoms with E-state index in [0.29, 0.717) is 11.5 Å². The molecule has 1 aromatic rings. The molecule has 7 heteroatoms. The van der Waals surface area contributed by atoms with E-state index >= 15 is 0 Å². The fraction of sp³-hybridized carbons (Fsp3) is 0.769. The van der Waals surface area contributed by atoms with Crippen LogP contribution in [0.2, 0.25) is 0 Å². The maximum atomic E-state index is 11.3. The molecule has 2 rings (SSSR count). The van der Waals surface area contributed by atoms with Gasteiger partial charge < -0.3 is 10.2 Å². The number of rotatable bonds is 4. The minimum absolute atomic E-state index is 0.0891. The smallest absolute Gasteiger partial charge is 0.333 e. The third-order valence-electron chi connectivity index (χ3n) is 3.69. The lowest BCUT2D eigenvalue weighted by atomic mass is 10.1. The zero-order chi connectivity index (χ0) is 14.9. The number of likely N-dealkylation sites (N-methyl/N-ethyl adjacent to an activating group) is 1. The first-order chi connectivity index (χ1) is 9.40. The Bertz CT molecular complexity index is 497. The van der Waals surface area contributed by atoms with Crippen LogP contribution in [-0.4, -0.2) is 45.8 Å². The van der Waals surface area contributed by atoms with Crippen molar-refractivity contribution in [2.24, 2.45) is 0 Å². The summed E-state index contributed by atoms with van der Waals surface area (Å²) in [5.41, 5.74) is 0.572. The van der Waals surface area contributed by atoms with Crippen molar-refractivity contribution < 1.29 is 4.92 Å². The van der Waals surface area contributed by atoms with Crippen LogP contribution in [0.5, 0.6) is 0 Å². The van der Waals surface area contributed by atoms with Crippen LogP contribution in [0.25, 0.3) is 0 Å².